The molecule has 0 N–H and O–H groups in total. The molecule has 152 valence electrons. The van der Waals surface area contributed by atoms with Gasteiger partial charge < -0.3 is 9.32 Å². The zero-order chi connectivity index (χ0) is 20.2. The van der Waals surface area contributed by atoms with Gasteiger partial charge in [-0.15, -0.1) is 0 Å². The highest BCUT2D eigenvalue weighted by molar-refractivity contribution is 5.78. The van der Waals surface area contributed by atoms with Crippen molar-refractivity contribution in [3.8, 4) is 0 Å². The molecule has 1 saturated heterocycles. The summed E-state index contributed by atoms with van der Waals surface area (Å²) in [6.45, 7) is 9.31. The van der Waals surface area contributed by atoms with E-state index in [0.717, 1.165) is 74.5 Å². The Morgan fingerprint density at radius 3 is 2.59 bits per heavy atom. The Hall–Kier alpha value is -2.66. The van der Waals surface area contributed by atoms with Crippen molar-refractivity contribution in [2.75, 3.05) is 37.6 Å². The van der Waals surface area contributed by atoms with Crippen LogP contribution in [0.2, 0.25) is 0 Å². The molecule has 0 atom stereocenters. The SMILES string of the molecule is Cc1cc2occ(CCCCN3CCN(c4ccccn4)CC3)c(=O)c2cc1C. The molecular formula is C24H29N3O2. The second kappa shape index (κ2) is 8.78. The number of pyridine rings is 1. The second-order valence-corrected chi connectivity index (χ2v) is 8.00. The van der Waals surface area contributed by atoms with Crippen LogP contribution in [0.25, 0.3) is 11.0 Å². The van der Waals surface area contributed by atoms with Gasteiger partial charge in [0.25, 0.3) is 0 Å². The van der Waals surface area contributed by atoms with Crippen LogP contribution >= 0.6 is 0 Å². The zero-order valence-electron chi connectivity index (χ0n) is 17.4. The first-order valence-corrected chi connectivity index (χ1v) is 10.5. The third-order valence-electron chi connectivity index (χ3n) is 5.98. The first-order valence-electron chi connectivity index (χ1n) is 10.5. The summed E-state index contributed by atoms with van der Waals surface area (Å²) < 4.78 is 5.74. The van der Waals surface area contributed by atoms with Crippen molar-refractivity contribution >= 4 is 16.8 Å². The lowest BCUT2D eigenvalue weighted by Gasteiger charge is -2.35. The molecule has 4 rings (SSSR count). The van der Waals surface area contributed by atoms with Crippen LogP contribution in [0.1, 0.15) is 29.5 Å². The van der Waals surface area contributed by atoms with E-state index in [4.69, 9.17) is 4.42 Å². The van der Waals surface area contributed by atoms with Crippen LogP contribution < -0.4 is 10.3 Å². The molecular weight excluding hydrogens is 362 g/mol. The van der Waals surface area contributed by atoms with E-state index >= 15 is 0 Å². The van der Waals surface area contributed by atoms with Crippen LogP contribution in [0.4, 0.5) is 5.82 Å². The summed E-state index contributed by atoms with van der Waals surface area (Å²) in [5.41, 5.74) is 3.88. The Kier molecular flexibility index (Phi) is 5.95. The summed E-state index contributed by atoms with van der Waals surface area (Å²) in [5, 5.41) is 0.705. The third kappa shape index (κ3) is 4.51. The molecule has 29 heavy (non-hydrogen) atoms. The molecule has 0 aliphatic carbocycles. The molecule has 0 amide bonds. The van der Waals surface area contributed by atoms with Gasteiger partial charge in [0.05, 0.1) is 11.6 Å². The Balaban J connectivity index is 1.26. The van der Waals surface area contributed by atoms with Crippen molar-refractivity contribution in [3.63, 3.8) is 0 Å². The molecule has 1 aliphatic rings. The molecule has 3 aromatic rings. The summed E-state index contributed by atoms with van der Waals surface area (Å²) >= 11 is 0. The smallest absolute Gasteiger partial charge is 0.195 e. The summed E-state index contributed by atoms with van der Waals surface area (Å²) in [5.74, 6) is 1.07. The number of hydrogen-bond acceptors (Lipinski definition) is 5. The molecule has 0 bridgehead atoms. The maximum atomic E-state index is 12.8. The van der Waals surface area contributed by atoms with Gasteiger partial charge in [-0.1, -0.05) is 6.07 Å². The molecule has 0 radical (unpaired) electrons. The van der Waals surface area contributed by atoms with Crippen molar-refractivity contribution in [2.45, 2.75) is 33.1 Å². The fraction of sp³-hybridized carbons (Fsp3) is 0.417. The standard InChI is InChI=1S/C24H29N3O2/c1-18-15-21-22(16-19(18)2)29-17-20(24(21)28)7-4-6-10-26-11-13-27(14-12-26)23-8-3-5-9-25-23/h3,5,8-9,15-17H,4,6-7,10-14H2,1-2H3. The molecule has 3 heterocycles. The van der Waals surface area contributed by atoms with Gasteiger partial charge in [-0.05, 0) is 75.0 Å². The first-order chi connectivity index (χ1) is 14.1. The molecule has 5 nitrogen and oxygen atoms in total. The van der Waals surface area contributed by atoms with Crippen LogP contribution in [0.3, 0.4) is 0 Å². The van der Waals surface area contributed by atoms with Gasteiger partial charge in [-0.25, -0.2) is 4.98 Å². The third-order valence-corrected chi connectivity index (χ3v) is 5.98. The average molecular weight is 392 g/mol. The molecule has 0 saturated carbocycles. The van der Waals surface area contributed by atoms with Crippen molar-refractivity contribution in [2.24, 2.45) is 0 Å². The van der Waals surface area contributed by atoms with Gasteiger partial charge >= 0.3 is 0 Å². The highest BCUT2D eigenvalue weighted by Gasteiger charge is 2.17. The van der Waals surface area contributed by atoms with Crippen LogP contribution in [0.15, 0.2) is 52.0 Å². The molecule has 0 spiro atoms. The number of nitrogens with zero attached hydrogens (tertiary/aromatic N) is 3. The second-order valence-electron chi connectivity index (χ2n) is 8.00. The highest BCUT2D eigenvalue weighted by Crippen LogP contribution is 2.18. The number of unbranched alkanes of at least 4 members (excludes halogenated alkanes) is 1. The molecule has 1 aliphatic heterocycles. The predicted octanol–water partition coefficient (Wildman–Crippen LogP) is 3.95. The number of aryl methyl sites for hydroxylation is 3. The molecule has 2 aromatic heterocycles. The maximum Gasteiger partial charge on any atom is 0.195 e. The summed E-state index contributed by atoms with van der Waals surface area (Å²) in [6.07, 6.45) is 6.38. The van der Waals surface area contributed by atoms with Gasteiger partial charge in [0.2, 0.25) is 0 Å². The van der Waals surface area contributed by atoms with Crippen molar-refractivity contribution in [1.82, 2.24) is 9.88 Å². The van der Waals surface area contributed by atoms with E-state index in [0.29, 0.717) is 11.0 Å². The van der Waals surface area contributed by atoms with E-state index in [1.54, 1.807) is 6.26 Å². The van der Waals surface area contributed by atoms with Crippen molar-refractivity contribution in [3.05, 3.63) is 69.7 Å². The molecule has 1 aromatic carbocycles. The van der Waals surface area contributed by atoms with Crippen LogP contribution in [0, 0.1) is 13.8 Å². The summed E-state index contributed by atoms with van der Waals surface area (Å²) in [4.78, 5) is 22.1. The van der Waals surface area contributed by atoms with E-state index in [2.05, 4.69) is 20.9 Å². The van der Waals surface area contributed by atoms with Gasteiger partial charge in [-0.2, -0.15) is 0 Å². The summed E-state index contributed by atoms with van der Waals surface area (Å²) in [7, 11) is 0. The Labute approximate surface area is 172 Å². The monoisotopic (exact) mass is 391 g/mol. The van der Waals surface area contributed by atoms with E-state index in [1.807, 2.05) is 44.3 Å². The number of anilines is 1. The molecule has 5 heteroatoms. The first kappa shape index (κ1) is 19.6. The minimum absolute atomic E-state index is 0.123. The Bertz CT molecular complexity index is 1020. The van der Waals surface area contributed by atoms with Crippen LogP contribution in [-0.4, -0.2) is 42.6 Å². The lowest BCUT2D eigenvalue weighted by Crippen LogP contribution is -2.46. The number of fused-ring (bicyclic) bond motifs is 1. The van der Waals surface area contributed by atoms with Gasteiger partial charge in [-0.3, -0.25) is 9.69 Å². The number of aromatic nitrogens is 1. The quantitative estimate of drug-likeness (QED) is 0.596. The minimum Gasteiger partial charge on any atom is -0.464 e. The number of hydrogen-bond donors (Lipinski definition) is 0. The van der Waals surface area contributed by atoms with E-state index in [1.165, 1.54) is 0 Å². The fourth-order valence-electron chi connectivity index (χ4n) is 3.99. The maximum absolute atomic E-state index is 12.8. The van der Waals surface area contributed by atoms with Crippen LogP contribution in [-0.2, 0) is 6.42 Å². The minimum atomic E-state index is 0.123. The lowest BCUT2D eigenvalue weighted by atomic mass is 10.0. The van der Waals surface area contributed by atoms with Gasteiger partial charge in [0.15, 0.2) is 5.43 Å². The average Bonchev–Trinajstić information content (AvgIpc) is 2.75. The van der Waals surface area contributed by atoms with Gasteiger partial charge in [0, 0.05) is 37.9 Å². The van der Waals surface area contributed by atoms with E-state index in [-0.39, 0.29) is 5.43 Å². The Morgan fingerprint density at radius 1 is 1.03 bits per heavy atom. The normalized spacial score (nSPS) is 15.2. The zero-order valence-corrected chi connectivity index (χ0v) is 17.4. The van der Waals surface area contributed by atoms with E-state index in [9.17, 15) is 4.79 Å². The lowest BCUT2D eigenvalue weighted by molar-refractivity contribution is 0.252. The number of rotatable bonds is 6. The highest BCUT2D eigenvalue weighted by atomic mass is 16.3. The van der Waals surface area contributed by atoms with Gasteiger partial charge in [0.1, 0.15) is 11.4 Å². The molecule has 1 fully saturated rings. The van der Waals surface area contributed by atoms with Crippen molar-refractivity contribution in [1.29, 1.82) is 0 Å². The Morgan fingerprint density at radius 2 is 1.83 bits per heavy atom. The number of benzene rings is 1. The van der Waals surface area contributed by atoms with Crippen LogP contribution in [0.5, 0.6) is 0 Å². The topological polar surface area (TPSA) is 49.6 Å². The number of piperazine rings is 1. The molecule has 0 unspecified atom stereocenters. The van der Waals surface area contributed by atoms with E-state index < -0.39 is 0 Å². The predicted molar refractivity (Wildman–Crippen MR) is 118 cm³/mol. The summed E-state index contributed by atoms with van der Waals surface area (Å²) in [6, 6.07) is 9.99. The van der Waals surface area contributed by atoms with Crippen molar-refractivity contribution < 1.29 is 4.42 Å². The largest absolute Gasteiger partial charge is 0.464 e. The fourth-order valence-corrected chi connectivity index (χ4v) is 3.99.